The van der Waals surface area contributed by atoms with E-state index in [9.17, 15) is 26.4 Å². The summed E-state index contributed by atoms with van der Waals surface area (Å²) in [5, 5.41) is 1.98. The smallest absolute Gasteiger partial charge is 0.297 e. The maximum absolute atomic E-state index is 13.1. The quantitative estimate of drug-likeness (QED) is 0.686. The Labute approximate surface area is 161 Å². The summed E-state index contributed by atoms with van der Waals surface area (Å²) in [5.41, 5.74) is -0.196. The van der Waals surface area contributed by atoms with Crippen LogP contribution in [-0.2, 0) is 21.0 Å². The number of nitrogens with one attached hydrogen (secondary N) is 1. The van der Waals surface area contributed by atoms with E-state index in [0.717, 1.165) is 24.5 Å². The summed E-state index contributed by atoms with van der Waals surface area (Å²) in [6.07, 6.45) is -3.83. The average molecular weight is 430 g/mol. The van der Waals surface area contributed by atoms with Crippen molar-refractivity contribution in [2.24, 2.45) is 0 Å². The molecule has 1 aromatic carbocycles. The van der Waals surface area contributed by atoms with E-state index in [0.29, 0.717) is 10.7 Å². The summed E-state index contributed by atoms with van der Waals surface area (Å²) in [5.74, 6) is -0.766. The van der Waals surface area contributed by atoms with Gasteiger partial charge in [-0.1, -0.05) is 0 Å². The van der Waals surface area contributed by atoms with Gasteiger partial charge in [-0.25, -0.2) is 23.1 Å². The predicted molar refractivity (Wildman–Crippen MR) is 95.4 cm³/mol. The van der Waals surface area contributed by atoms with Crippen LogP contribution in [-0.4, -0.2) is 28.9 Å². The van der Waals surface area contributed by atoms with Crippen molar-refractivity contribution in [2.75, 3.05) is 0 Å². The Balaban J connectivity index is 2.08. The van der Waals surface area contributed by atoms with Crippen molar-refractivity contribution in [2.45, 2.75) is 24.9 Å². The highest BCUT2D eigenvalue weighted by Gasteiger charge is 2.35. The molecule has 2 aromatic heterocycles. The molecule has 2 heterocycles. The van der Waals surface area contributed by atoms with Gasteiger partial charge in [0.1, 0.15) is 0 Å². The van der Waals surface area contributed by atoms with Crippen LogP contribution in [0.15, 0.2) is 40.7 Å². The summed E-state index contributed by atoms with van der Waals surface area (Å²) in [6, 6.07) is 5.01. The van der Waals surface area contributed by atoms with Gasteiger partial charge in [0.25, 0.3) is 10.0 Å². The van der Waals surface area contributed by atoms with Crippen molar-refractivity contribution < 1.29 is 26.4 Å². The number of benzene rings is 1. The van der Waals surface area contributed by atoms with Gasteiger partial charge in [-0.3, -0.25) is 9.36 Å². The monoisotopic (exact) mass is 430 g/mol. The Hall–Kier alpha value is -2.73. The predicted octanol–water partition coefficient (Wildman–Crippen LogP) is 3.15. The van der Waals surface area contributed by atoms with Crippen LogP contribution in [0.25, 0.3) is 16.5 Å². The fourth-order valence-corrected chi connectivity index (χ4v) is 4.13. The number of alkyl halides is 3. The minimum atomic E-state index is -4.65. The van der Waals surface area contributed by atoms with E-state index in [4.69, 9.17) is 0 Å². The summed E-state index contributed by atoms with van der Waals surface area (Å²) < 4.78 is 66.5. The molecular weight excluding hydrogens is 417 g/mol. The second kappa shape index (κ2) is 7.02. The number of nitrogens with zero attached hydrogens (tertiary/aromatic N) is 3. The van der Waals surface area contributed by atoms with Crippen LogP contribution >= 0.6 is 11.3 Å². The molecule has 0 aliphatic heterocycles. The van der Waals surface area contributed by atoms with Gasteiger partial charge in [0.05, 0.1) is 4.90 Å². The molecule has 12 heteroatoms. The van der Waals surface area contributed by atoms with Crippen molar-refractivity contribution >= 4 is 27.3 Å². The Morgan fingerprint density at radius 3 is 2.32 bits per heavy atom. The van der Waals surface area contributed by atoms with Gasteiger partial charge >= 0.3 is 6.18 Å². The van der Waals surface area contributed by atoms with Crippen LogP contribution in [0, 0.1) is 6.92 Å². The molecule has 0 aliphatic carbocycles. The van der Waals surface area contributed by atoms with E-state index in [1.807, 2.05) is 4.72 Å². The molecule has 0 saturated heterocycles. The number of aromatic nitrogens is 3. The van der Waals surface area contributed by atoms with Gasteiger partial charge in [-0.05, 0) is 31.2 Å². The van der Waals surface area contributed by atoms with Crippen molar-refractivity contribution in [3.63, 3.8) is 0 Å². The van der Waals surface area contributed by atoms with E-state index < -0.39 is 27.8 Å². The third kappa shape index (κ3) is 4.07. The first kappa shape index (κ1) is 20.0. The highest BCUT2D eigenvalue weighted by Crippen LogP contribution is 2.33. The number of rotatable bonds is 4. The number of hydrogen-bond donors (Lipinski definition) is 1. The zero-order valence-corrected chi connectivity index (χ0v) is 16.1. The lowest BCUT2D eigenvalue weighted by atomic mass is 10.3. The Kier molecular flexibility index (Phi) is 5.02. The maximum Gasteiger partial charge on any atom is 0.434 e. The minimum absolute atomic E-state index is 0.0112. The summed E-state index contributed by atoms with van der Waals surface area (Å²) in [4.78, 5) is 18.6. The van der Waals surface area contributed by atoms with Crippen LogP contribution in [0.2, 0.25) is 0 Å². The third-order valence-corrected chi connectivity index (χ3v) is 5.91. The molecule has 7 nitrogen and oxygen atoms in total. The number of sulfonamides is 1. The summed E-state index contributed by atoms with van der Waals surface area (Å²) in [7, 11) is -4.05. The molecule has 0 bridgehead atoms. The molecule has 0 unspecified atom stereocenters. The lowest BCUT2D eigenvalue weighted by molar-refractivity contribution is -0.140. The molecular formula is C16H13F3N4O3S2. The fourth-order valence-electron chi connectivity index (χ4n) is 2.36. The average Bonchev–Trinajstić information content (AvgIpc) is 3.19. The van der Waals surface area contributed by atoms with Crippen LogP contribution in [0.5, 0.6) is 0 Å². The van der Waals surface area contributed by atoms with Crippen LogP contribution in [0.3, 0.4) is 0 Å². The first-order valence-electron chi connectivity index (χ1n) is 7.70. The standard InChI is InChI=1S/C16H13F3N4O3S2/c1-9-8-27-15(20-9)14-21-13(16(17,18)19)7-23(14)11-3-5-12(6-4-11)28(25,26)22-10(2)24/h3-8H,1-2H3,(H,22,24). The van der Waals surface area contributed by atoms with Gasteiger partial charge in [-0.2, -0.15) is 13.2 Å². The SMILES string of the molecule is CC(=O)NS(=O)(=O)c1ccc(-n2cc(C(F)(F)F)nc2-c2nc(C)cs2)cc1. The molecule has 0 spiro atoms. The lowest BCUT2D eigenvalue weighted by Gasteiger charge is -2.08. The van der Waals surface area contributed by atoms with E-state index >= 15 is 0 Å². The molecule has 0 atom stereocenters. The number of thiazole rings is 1. The molecule has 148 valence electrons. The number of amides is 1. The summed E-state index contributed by atoms with van der Waals surface area (Å²) >= 11 is 1.14. The molecule has 0 radical (unpaired) electrons. The van der Waals surface area contributed by atoms with E-state index in [-0.39, 0.29) is 16.4 Å². The Morgan fingerprint density at radius 2 is 1.82 bits per heavy atom. The lowest BCUT2D eigenvalue weighted by Crippen LogP contribution is -2.28. The highest BCUT2D eigenvalue weighted by molar-refractivity contribution is 7.90. The second-order valence-corrected chi connectivity index (χ2v) is 8.31. The zero-order valence-electron chi connectivity index (χ0n) is 14.5. The number of carbonyl (C=O) groups excluding carboxylic acids is 1. The van der Waals surface area contributed by atoms with Crippen LogP contribution in [0.1, 0.15) is 18.3 Å². The van der Waals surface area contributed by atoms with Gasteiger partial charge in [0.2, 0.25) is 5.91 Å². The van der Waals surface area contributed by atoms with Gasteiger partial charge in [0, 0.05) is 29.9 Å². The Bertz CT molecular complexity index is 1130. The molecule has 1 N–H and O–H groups in total. The topological polar surface area (TPSA) is 94.0 Å². The van der Waals surface area contributed by atoms with Crippen molar-refractivity contribution in [3.05, 3.63) is 47.2 Å². The number of imidazole rings is 1. The van der Waals surface area contributed by atoms with Crippen molar-refractivity contribution in [3.8, 4) is 16.5 Å². The number of aryl methyl sites for hydroxylation is 1. The molecule has 3 aromatic rings. The van der Waals surface area contributed by atoms with E-state index in [2.05, 4.69) is 9.97 Å². The first-order chi connectivity index (χ1) is 13.0. The molecule has 28 heavy (non-hydrogen) atoms. The van der Waals surface area contributed by atoms with Crippen LogP contribution < -0.4 is 4.72 Å². The number of hydrogen-bond acceptors (Lipinski definition) is 6. The zero-order chi connectivity index (χ0) is 20.7. The first-order valence-corrected chi connectivity index (χ1v) is 10.1. The largest absolute Gasteiger partial charge is 0.434 e. The normalized spacial score (nSPS) is 12.2. The van der Waals surface area contributed by atoms with Gasteiger partial charge < -0.3 is 0 Å². The molecule has 1 amide bonds. The number of halogens is 3. The Morgan fingerprint density at radius 1 is 1.18 bits per heavy atom. The molecule has 0 aliphatic rings. The van der Waals surface area contributed by atoms with Gasteiger partial charge in [0.15, 0.2) is 16.5 Å². The molecule has 0 fully saturated rings. The molecule has 3 rings (SSSR count). The number of carbonyl (C=O) groups is 1. The maximum atomic E-state index is 13.1. The molecule has 0 saturated carbocycles. The van der Waals surface area contributed by atoms with Crippen molar-refractivity contribution in [1.82, 2.24) is 19.3 Å². The van der Waals surface area contributed by atoms with E-state index in [1.54, 1.807) is 12.3 Å². The summed E-state index contributed by atoms with van der Waals surface area (Å²) in [6.45, 7) is 2.76. The second-order valence-electron chi connectivity index (χ2n) is 5.77. The van der Waals surface area contributed by atoms with Gasteiger partial charge in [-0.15, -0.1) is 11.3 Å². The minimum Gasteiger partial charge on any atom is -0.297 e. The third-order valence-electron chi connectivity index (χ3n) is 3.51. The fraction of sp³-hybridized carbons (Fsp3) is 0.188. The van der Waals surface area contributed by atoms with Crippen LogP contribution in [0.4, 0.5) is 13.2 Å². The van der Waals surface area contributed by atoms with Crippen molar-refractivity contribution in [1.29, 1.82) is 0 Å². The van der Waals surface area contributed by atoms with E-state index in [1.165, 1.54) is 28.8 Å². The highest BCUT2D eigenvalue weighted by atomic mass is 32.2.